The van der Waals surface area contributed by atoms with Crippen LogP contribution in [0.5, 0.6) is 0 Å². The van der Waals surface area contributed by atoms with Gasteiger partial charge in [-0.15, -0.1) is 0 Å². The Morgan fingerprint density at radius 1 is 0.474 bits per heavy atom. The minimum Gasteiger partial charge on any atom is -0.462 e. The maximum atomic E-state index is 14.0. The first kappa shape index (κ1) is 70.7. The number of hydrogen-bond donors (Lipinski definition) is 12. The van der Waals surface area contributed by atoms with Crippen LogP contribution >= 0.6 is 7.82 Å². The minimum atomic E-state index is -5.63. The third-order valence-corrected chi connectivity index (χ3v) is 16.1. The van der Waals surface area contributed by atoms with E-state index in [1.165, 1.54) is 89.9 Å². The summed E-state index contributed by atoms with van der Waals surface area (Å²) in [6, 6.07) is 0. The van der Waals surface area contributed by atoms with Crippen LogP contribution in [0.1, 0.15) is 194 Å². The lowest BCUT2D eigenvalue weighted by molar-refractivity contribution is -0.360. The van der Waals surface area contributed by atoms with Crippen molar-refractivity contribution in [2.45, 2.75) is 298 Å². The Hall–Kier alpha value is -1.55. The van der Waals surface area contributed by atoms with Gasteiger partial charge in [0, 0.05) is 12.8 Å². The quantitative estimate of drug-likeness (QED) is 0.0236. The smallest absolute Gasteiger partial charge is 0.462 e. The number of unbranched alkanes of at least 4 members (excludes halogenated alkanes) is 20. The van der Waals surface area contributed by atoms with Crippen LogP contribution in [0, 0.1) is 5.92 Å². The molecule has 2 saturated heterocycles. The predicted octanol–water partition coefficient (Wildman–Crippen LogP) is 3.62. The molecule has 1 aliphatic carbocycles. The molecule has 17 atom stereocenters. The van der Waals surface area contributed by atoms with Crippen molar-refractivity contribution in [1.29, 1.82) is 0 Å². The predicted molar refractivity (Wildman–Crippen MR) is 282 cm³/mol. The molecule has 0 radical (unpaired) electrons. The van der Waals surface area contributed by atoms with Crippen molar-refractivity contribution in [1.82, 2.24) is 0 Å². The van der Waals surface area contributed by atoms with Crippen molar-refractivity contribution in [3.8, 4) is 0 Å². The Bertz CT molecular complexity index is 1580. The maximum absolute atomic E-state index is 14.0. The second kappa shape index (κ2) is 39.1. The first-order chi connectivity index (χ1) is 37.3. The number of carbonyl (C=O) groups is 2. The van der Waals surface area contributed by atoms with Gasteiger partial charge in [0.05, 0.1) is 19.8 Å². The third-order valence-electron chi connectivity index (χ3n) is 15.1. The van der Waals surface area contributed by atoms with Crippen LogP contribution in [0.15, 0.2) is 0 Å². The zero-order valence-electron chi connectivity index (χ0n) is 46.6. The molecular formula is C54H101O23P. The SMILES string of the molecule is CCCCCCCCCCCCCC(=O)OCC(COP(=O)(O)OC1C(OC2OC(CO)C(O)C(O)C2O)C(O)C(O)C(O)C1OC1OC(CO)C(O)C(O)C1O)OC(=O)CCCCCCCCC(C)CCCCCCCC. The number of aliphatic hydroxyl groups is 11. The van der Waals surface area contributed by atoms with Gasteiger partial charge in [-0.25, -0.2) is 4.57 Å². The average molecular weight is 1150 g/mol. The highest BCUT2D eigenvalue weighted by Crippen LogP contribution is 2.49. The molecule has 78 heavy (non-hydrogen) atoms. The Labute approximate surface area is 461 Å². The molecule has 0 spiro atoms. The highest BCUT2D eigenvalue weighted by Gasteiger charge is 2.58. The number of phosphoric acid groups is 1. The zero-order valence-corrected chi connectivity index (χ0v) is 47.5. The molecule has 1 saturated carbocycles. The van der Waals surface area contributed by atoms with Gasteiger partial charge in [0.2, 0.25) is 0 Å². The van der Waals surface area contributed by atoms with E-state index in [1.807, 2.05) is 0 Å². The molecule has 24 heteroatoms. The number of ether oxygens (including phenoxy) is 6. The molecule has 0 amide bonds. The van der Waals surface area contributed by atoms with Gasteiger partial charge in [-0.05, 0) is 18.8 Å². The second-order valence-corrected chi connectivity index (χ2v) is 23.2. The molecular weight excluding hydrogens is 1050 g/mol. The Balaban J connectivity index is 1.72. The fourth-order valence-electron chi connectivity index (χ4n) is 10.1. The molecule has 0 aromatic carbocycles. The van der Waals surface area contributed by atoms with Crippen molar-refractivity contribution in [3.05, 3.63) is 0 Å². The van der Waals surface area contributed by atoms with Crippen LogP contribution in [0.25, 0.3) is 0 Å². The van der Waals surface area contributed by atoms with Gasteiger partial charge in [0.1, 0.15) is 92.1 Å². The van der Waals surface area contributed by atoms with Crippen molar-refractivity contribution >= 4 is 19.8 Å². The van der Waals surface area contributed by atoms with E-state index in [2.05, 4.69) is 20.8 Å². The van der Waals surface area contributed by atoms with Crippen LogP contribution < -0.4 is 0 Å². The highest BCUT2D eigenvalue weighted by atomic mass is 31.2. The standard InChI is InChI=1S/C54H101O23P/c1-4-6-8-10-12-13-14-15-16-21-25-29-39(57)70-33-36(72-40(58)30-26-22-18-17-20-24-28-35(3)27-23-19-11-9-7-5-2)34-71-78(68,69)77-52-50(75-53-48(66)43(61)41(59)37(31-55)73-53)46(64)45(63)47(65)51(52)76-54-49(67)44(62)42(60)38(32-56)74-54/h35-38,41-56,59-67H,4-34H2,1-3H3,(H,68,69). The molecule has 3 aliphatic rings. The van der Waals surface area contributed by atoms with E-state index in [1.54, 1.807) is 0 Å². The number of aliphatic hydroxyl groups excluding tert-OH is 11. The number of hydrogen-bond acceptors (Lipinski definition) is 22. The van der Waals surface area contributed by atoms with Crippen LogP contribution in [0.3, 0.4) is 0 Å². The summed E-state index contributed by atoms with van der Waals surface area (Å²) < 4.78 is 58.1. The molecule has 0 aromatic heterocycles. The van der Waals surface area contributed by atoms with E-state index in [4.69, 9.17) is 37.5 Å². The second-order valence-electron chi connectivity index (χ2n) is 21.8. The van der Waals surface area contributed by atoms with Crippen LogP contribution in [-0.4, -0.2) is 204 Å². The summed E-state index contributed by atoms with van der Waals surface area (Å²) >= 11 is 0. The Morgan fingerprint density at radius 2 is 0.846 bits per heavy atom. The van der Waals surface area contributed by atoms with Gasteiger partial charge in [0.25, 0.3) is 0 Å². The average Bonchev–Trinajstić information content (AvgIpc) is 3.43. The van der Waals surface area contributed by atoms with E-state index in [0.717, 1.165) is 57.8 Å². The van der Waals surface area contributed by atoms with E-state index in [-0.39, 0.29) is 12.8 Å². The van der Waals surface area contributed by atoms with Crippen LogP contribution in [-0.2, 0) is 51.6 Å². The first-order valence-electron chi connectivity index (χ1n) is 29.3. The van der Waals surface area contributed by atoms with E-state index in [0.29, 0.717) is 18.8 Å². The van der Waals surface area contributed by atoms with E-state index < -0.39 is 150 Å². The minimum absolute atomic E-state index is 0.0279. The largest absolute Gasteiger partial charge is 0.472 e. The summed E-state index contributed by atoms with van der Waals surface area (Å²) in [6.45, 7) is 3.31. The molecule has 2 heterocycles. The number of carbonyl (C=O) groups excluding carboxylic acids is 2. The summed E-state index contributed by atoms with van der Waals surface area (Å²) in [5.41, 5.74) is 0. The molecule has 460 valence electrons. The highest BCUT2D eigenvalue weighted by molar-refractivity contribution is 7.47. The summed E-state index contributed by atoms with van der Waals surface area (Å²) in [4.78, 5) is 37.5. The van der Waals surface area contributed by atoms with Gasteiger partial charge >= 0.3 is 19.8 Å². The van der Waals surface area contributed by atoms with Gasteiger partial charge < -0.3 is 89.5 Å². The number of phosphoric ester groups is 1. The monoisotopic (exact) mass is 1150 g/mol. The van der Waals surface area contributed by atoms with Crippen molar-refractivity contribution in [2.24, 2.45) is 5.92 Å². The lowest BCUT2D eigenvalue weighted by Crippen LogP contribution is -2.69. The summed E-state index contributed by atoms with van der Waals surface area (Å²) in [5, 5.41) is 117. The molecule has 23 nitrogen and oxygen atoms in total. The normalized spacial score (nSPS) is 32.1. The molecule has 3 rings (SSSR count). The summed E-state index contributed by atoms with van der Waals surface area (Å²) in [6.07, 6.45) is -7.52. The Kier molecular flexibility index (Phi) is 35.4. The van der Waals surface area contributed by atoms with Crippen LogP contribution in [0.4, 0.5) is 0 Å². The number of esters is 2. The molecule has 0 bridgehead atoms. The molecule has 0 aromatic rings. The fourth-order valence-corrected chi connectivity index (χ4v) is 11.0. The Morgan fingerprint density at radius 3 is 1.26 bits per heavy atom. The lowest BCUT2D eigenvalue weighted by Gasteiger charge is -2.49. The van der Waals surface area contributed by atoms with Gasteiger partial charge in [-0.1, -0.05) is 168 Å². The zero-order chi connectivity index (χ0) is 57.6. The lowest BCUT2D eigenvalue weighted by atomic mass is 9.84. The van der Waals surface area contributed by atoms with E-state index >= 15 is 0 Å². The van der Waals surface area contributed by atoms with E-state index in [9.17, 15) is 75.2 Å². The van der Waals surface area contributed by atoms with Crippen LogP contribution in [0.2, 0.25) is 0 Å². The van der Waals surface area contributed by atoms with Gasteiger partial charge in [-0.2, -0.15) is 0 Å². The molecule has 3 fully saturated rings. The first-order valence-corrected chi connectivity index (χ1v) is 30.8. The molecule has 12 N–H and O–H groups in total. The van der Waals surface area contributed by atoms with Crippen molar-refractivity contribution in [2.75, 3.05) is 26.4 Å². The molecule has 2 aliphatic heterocycles. The molecule has 17 unspecified atom stereocenters. The number of rotatable bonds is 42. The van der Waals surface area contributed by atoms with Crippen molar-refractivity contribution < 1.29 is 113 Å². The van der Waals surface area contributed by atoms with Gasteiger partial charge in [0.15, 0.2) is 18.7 Å². The van der Waals surface area contributed by atoms with Crippen molar-refractivity contribution in [3.63, 3.8) is 0 Å². The third kappa shape index (κ3) is 25.1. The maximum Gasteiger partial charge on any atom is 0.472 e. The van der Waals surface area contributed by atoms with Gasteiger partial charge in [-0.3, -0.25) is 18.6 Å². The summed E-state index contributed by atoms with van der Waals surface area (Å²) in [7, 11) is -5.63. The fraction of sp³-hybridized carbons (Fsp3) is 0.963. The summed E-state index contributed by atoms with van der Waals surface area (Å²) in [5.74, 6) is -0.639. The topological polar surface area (TPSA) is 368 Å².